The van der Waals surface area contributed by atoms with Gasteiger partial charge in [-0.25, -0.2) is 0 Å². The van der Waals surface area contributed by atoms with Crippen LogP contribution in [0.2, 0.25) is 0 Å². The minimum atomic E-state index is -0.0574. The third kappa shape index (κ3) is 3.94. The fourth-order valence-corrected chi connectivity index (χ4v) is 2.34. The van der Waals surface area contributed by atoms with Crippen molar-refractivity contribution in [2.24, 2.45) is 0 Å². The Labute approximate surface area is 110 Å². The number of hydrogen-bond donors (Lipinski definition) is 0. The molecular formula is C16H24O2. The molecular weight excluding hydrogens is 224 g/mol. The Morgan fingerprint density at radius 1 is 0.833 bits per heavy atom. The Balaban J connectivity index is 1.54. The lowest BCUT2D eigenvalue weighted by Gasteiger charge is -2.09. The van der Waals surface area contributed by atoms with Crippen LogP contribution in [0.25, 0.3) is 0 Å². The number of benzene rings is 1. The zero-order valence-electron chi connectivity index (χ0n) is 11.4. The summed E-state index contributed by atoms with van der Waals surface area (Å²) < 4.78 is 11.5. The molecule has 100 valence electrons. The minimum absolute atomic E-state index is 0.0574. The minimum Gasteiger partial charge on any atom is -0.451 e. The van der Waals surface area contributed by atoms with E-state index in [1.54, 1.807) is 0 Å². The van der Waals surface area contributed by atoms with Gasteiger partial charge in [-0.1, -0.05) is 57.6 Å². The van der Waals surface area contributed by atoms with E-state index in [4.69, 9.17) is 9.47 Å². The van der Waals surface area contributed by atoms with Crippen LogP contribution in [0, 0.1) is 0 Å². The number of fused-ring (bicyclic) bond motifs is 1. The second kappa shape index (κ2) is 7.30. The summed E-state index contributed by atoms with van der Waals surface area (Å²) in [6.45, 7) is 2.26. The monoisotopic (exact) mass is 248 g/mol. The van der Waals surface area contributed by atoms with Crippen LogP contribution in [-0.2, 0) is 0 Å². The number of hydrogen-bond acceptors (Lipinski definition) is 2. The SMILES string of the molecule is CCCCCCCCCC1Oc2ccccc2O1. The van der Waals surface area contributed by atoms with E-state index in [1.165, 1.54) is 44.9 Å². The molecule has 2 nitrogen and oxygen atoms in total. The molecule has 0 atom stereocenters. The fraction of sp³-hybridized carbons (Fsp3) is 0.625. The first-order valence-electron chi connectivity index (χ1n) is 7.32. The zero-order valence-corrected chi connectivity index (χ0v) is 11.4. The largest absolute Gasteiger partial charge is 0.451 e. The first kappa shape index (κ1) is 13.3. The van der Waals surface area contributed by atoms with Crippen molar-refractivity contribution < 1.29 is 9.47 Å². The van der Waals surface area contributed by atoms with Crippen LogP contribution in [0.1, 0.15) is 58.3 Å². The molecule has 0 N–H and O–H groups in total. The molecule has 0 saturated heterocycles. The van der Waals surface area contributed by atoms with Crippen molar-refractivity contribution in [2.45, 2.75) is 64.6 Å². The standard InChI is InChI=1S/C16H24O2/c1-2-3-4-5-6-7-8-13-16-17-14-11-9-10-12-15(14)18-16/h9-12,16H,2-8,13H2,1H3. The predicted molar refractivity (Wildman–Crippen MR) is 74.1 cm³/mol. The summed E-state index contributed by atoms with van der Waals surface area (Å²) >= 11 is 0. The lowest BCUT2D eigenvalue weighted by molar-refractivity contribution is 0.0395. The second-order valence-corrected chi connectivity index (χ2v) is 5.02. The van der Waals surface area contributed by atoms with Gasteiger partial charge in [0.05, 0.1) is 0 Å². The summed E-state index contributed by atoms with van der Waals surface area (Å²) in [6, 6.07) is 7.91. The van der Waals surface area contributed by atoms with E-state index in [1.807, 2.05) is 24.3 Å². The second-order valence-electron chi connectivity index (χ2n) is 5.02. The third-order valence-corrected chi connectivity index (χ3v) is 3.41. The zero-order chi connectivity index (χ0) is 12.6. The van der Waals surface area contributed by atoms with E-state index in [-0.39, 0.29) is 6.29 Å². The Kier molecular flexibility index (Phi) is 5.37. The van der Waals surface area contributed by atoms with Crippen molar-refractivity contribution in [3.05, 3.63) is 24.3 Å². The van der Waals surface area contributed by atoms with Crippen LogP contribution in [0.15, 0.2) is 24.3 Å². The normalized spacial score (nSPS) is 14.1. The van der Waals surface area contributed by atoms with Crippen molar-refractivity contribution in [3.8, 4) is 11.5 Å². The van der Waals surface area contributed by atoms with Crippen LogP contribution >= 0.6 is 0 Å². The Morgan fingerprint density at radius 3 is 2.00 bits per heavy atom. The highest BCUT2D eigenvalue weighted by molar-refractivity contribution is 5.41. The van der Waals surface area contributed by atoms with Gasteiger partial charge in [0.15, 0.2) is 11.5 Å². The molecule has 2 heteroatoms. The third-order valence-electron chi connectivity index (χ3n) is 3.41. The molecule has 0 bridgehead atoms. The highest BCUT2D eigenvalue weighted by Crippen LogP contribution is 2.35. The van der Waals surface area contributed by atoms with E-state index in [2.05, 4.69) is 6.92 Å². The molecule has 0 saturated carbocycles. The maximum absolute atomic E-state index is 5.73. The van der Waals surface area contributed by atoms with Gasteiger partial charge in [-0.2, -0.15) is 0 Å². The molecule has 0 spiro atoms. The van der Waals surface area contributed by atoms with Crippen LogP contribution < -0.4 is 9.47 Å². The van der Waals surface area contributed by atoms with E-state index in [0.717, 1.165) is 17.9 Å². The summed E-state index contributed by atoms with van der Waals surface area (Å²) in [5.74, 6) is 1.79. The molecule has 1 aromatic rings. The van der Waals surface area contributed by atoms with E-state index in [9.17, 15) is 0 Å². The van der Waals surface area contributed by atoms with Crippen molar-refractivity contribution in [1.82, 2.24) is 0 Å². The van der Waals surface area contributed by atoms with Crippen LogP contribution in [0.4, 0.5) is 0 Å². The highest BCUT2D eigenvalue weighted by atomic mass is 16.7. The van der Waals surface area contributed by atoms with Gasteiger partial charge in [0.2, 0.25) is 6.29 Å². The summed E-state index contributed by atoms with van der Waals surface area (Å²) in [5.41, 5.74) is 0. The molecule has 1 aromatic carbocycles. The Morgan fingerprint density at radius 2 is 1.39 bits per heavy atom. The Bertz CT molecular complexity index is 324. The first-order chi connectivity index (χ1) is 8.90. The topological polar surface area (TPSA) is 18.5 Å². The average molecular weight is 248 g/mol. The summed E-state index contributed by atoms with van der Waals surface area (Å²) in [4.78, 5) is 0. The molecule has 0 amide bonds. The van der Waals surface area contributed by atoms with Gasteiger partial charge in [0.1, 0.15) is 0 Å². The lowest BCUT2D eigenvalue weighted by Crippen LogP contribution is -2.17. The van der Waals surface area contributed by atoms with Gasteiger partial charge in [-0.05, 0) is 18.6 Å². The summed E-state index contributed by atoms with van der Waals surface area (Å²) in [6.07, 6.45) is 10.2. The van der Waals surface area contributed by atoms with Gasteiger partial charge in [0, 0.05) is 6.42 Å². The number of para-hydroxylation sites is 2. The Hall–Kier alpha value is -1.18. The maximum Gasteiger partial charge on any atom is 0.241 e. The quantitative estimate of drug-likeness (QED) is 0.608. The maximum atomic E-state index is 5.73. The molecule has 18 heavy (non-hydrogen) atoms. The molecule has 0 unspecified atom stereocenters. The molecule has 1 heterocycles. The van der Waals surface area contributed by atoms with Crippen molar-refractivity contribution in [3.63, 3.8) is 0 Å². The van der Waals surface area contributed by atoms with E-state index < -0.39 is 0 Å². The highest BCUT2D eigenvalue weighted by Gasteiger charge is 2.22. The van der Waals surface area contributed by atoms with E-state index >= 15 is 0 Å². The van der Waals surface area contributed by atoms with Gasteiger partial charge in [-0.3, -0.25) is 0 Å². The molecule has 0 aliphatic carbocycles. The molecule has 1 aliphatic rings. The fourth-order valence-electron chi connectivity index (χ4n) is 2.34. The van der Waals surface area contributed by atoms with Crippen molar-refractivity contribution in [1.29, 1.82) is 0 Å². The number of rotatable bonds is 8. The van der Waals surface area contributed by atoms with Gasteiger partial charge in [0.25, 0.3) is 0 Å². The summed E-state index contributed by atoms with van der Waals surface area (Å²) in [7, 11) is 0. The first-order valence-corrected chi connectivity index (χ1v) is 7.32. The van der Waals surface area contributed by atoms with Gasteiger partial charge >= 0.3 is 0 Å². The smallest absolute Gasteiger partial charge is 0.241 e. The summed E-state index contributed by atoms with van der Waals surface area (Å²) in [5, 5.41) is 0. The van der Waals surface area contributed by atoms with Gasteiger partial charge < -0.3 is 9.47 Å². The molecule has 0 radical (unpaired) electrons. The van der Waals surface area contributed by atoms with E-state index in [0.29, 0.717) is 0 Å². The van der Waals surface area contributed by atoms with Crippen LogP contribution in [0.3, 0.4) is 0 Å². The van der Waals surface area contributed by atoms with Gasteiger partial charge in [-0.15, -0.1) is 0 Å². The molecule has 1 aliphatic heterocycles. The predicted octanol–water partition coefficient (Wildman–Crippen LogP) is 4.92. The van der Waals surface area contributed by atoms with Crippen molar-refractivity contribution in [2.75, 3.05) is 0 Å². The number of unbranched alkanes of at least 4 members (excludes halogenated alkanes) is 6. The average Bonchev–Trinajstić information content (AvgIpc) is 2.80. The molecule has 0 aromatic heterocycles. The molecule has 2 rings (SSSR count). The lowest BCUT2D eigenvalue weighted by atomic mass is 10.1. The van der Waals surface area contributed by atoms with Crippen LogP contribution in [0.5, 0.6) is 11.5 Å². The van der Waals surface area contributed by atoms with Crippen molar-refractivity contribution >= 4 is 0 Å². The molecule has 0 fully saturated rings. The number of ether oxygens (including phenoxy) is 2. The van der Waals surface area contributed by atoms with Crippen LogP contribution in [-0.4, -0.2) is 6.29 Å².